The van der Waals surface area contributed by atoms with Crippen LogP contribution in [-0.4, -0.2) is 23.0 Å². The van der Waals surface area contributed by atoms with Crippen molar-refractivity contribution >= 4 is 23.2 Å². The molecule has 0 saturated carbocycles. The highest BCUT2D eigenvalue weighted by Gasteiger charge is 2.20. The number of aliphatic carboxylic acids is 1. The van der Waals surface area contributed by atoms with Gasteiger partial charge in [-0.25, -0.2) is 4.79 Å². The molecule has 94 valence electrons. The number of carboxylic acid groups (broad SMARTS) is 1. The van der Waals surface area contributed by atoms with E-state index >= 15 is 0 Å². The van der Waals surface area contributed by atoms with E-state index < -0.39 is 12.0 Å². The monoisotopic (exact) mass is 255 g/mol. The lowest BCUT2D eigenvalue weighted by atomic mass is 10.1. The van der Waals surface area contributed by atoms with Gasteiger partial charge in [-0.15, -0.1) is 0 Å². The molecule has 0 saturated heterocycles. The van der Waals surface area contributed by atoms with Gasteiger partial charge in [0.05, 0.1) is 5.56 Å². The van der Waals surface area contributed by atoms with Crippen molar-refractivity contribution in [2.45, 2.75) is 38.6 Å². The van der Waals surface area contributed by atoms with E-state index in [4.69, 9.17) is 5.11 Å². The van der Waals surface area contributed by atoms with E-state index in [-0.39, 0.29) is 5.91 Å². The van der Waals surface area contributed by atoms with Crippen LogP contribution >= 0.6 is 11.3 Å². The van der Waals surface area contributed by atoms with Crippen LogP contribution in [0, 0.1) is 0 Å². The second-order valence-corrected chi connectivity index (χ2v) is 4.65. The van der Waals surface area contributed by atoms with E-state index in [0.717, 1.165) is 19.3 Å². The van der Waals surface area contributed by atoms with E-state index in [1.165, 1.54) is 11.3 Å². The van der Waals surface area contributed by atoms with Gasteiger partial charge in [0.1, 0.15) is 6.04 Å². The molecule has 1 unspecified atom stereocenters. The molecule has 0 aliphatic rings. The van der Waals surface area contributed by atoms with Crippen molar-refractivity contribution in [3.05, 3.63) is 22.4 Å². The van der Waals surface area contributed by atoms with Gasteiger partial charge in [-0.05, 0) is 17.9 Å². The van der Waals surface area contributed by atoms with Gasteiger partial charge in [0, 0.05) is 5.38 Å². The number of carbonyl (C=O) groups is 2. The number of thiophene rings is 1. The Morgan fingerprint density at radius 2 is 2.24 bits per heavy atom. The predicted octanol–water partition coefficient (Wildman–Crippen LogP) is 2.51. The van der Waals surface area contributed by atoms with E-state index in [9.17, 15) is 9.59 Å². The fraction of sp³-hybridized carbons (Fsp3) is 0.500. The second kappa shape index (κ2) is 7.06. The summed E-state index contributed by atoms with van der Waals surface area (Å²) in [5.74, 6) is -1.28. The lowest BCUT2D eigenvalue weighted by Crippen LogP contribution is -2.40. The van der Waals surface area contributed by atoms with Gasteiger partial charge >= 0.3 is 5.97 Å². The highest BCUT2D eigenvalue weighted by molar-refractivity contribution is 7.08. The predicted molar refractivity (Wildman–Crippen MR) is 67.4 cm³/mol. The minimum Gasteiger partial charge on any atom is -0.480 e. The third-order valence-corrected chi connectivity index (χ3v) is 3.17. The Morgan fingerprint density at radius 1 is 1.47 bits per heavy atom. The first-order valence-electron chi connectivity index (χ1n) is 5.71. The Balaban J connectivity index is 2.49. The van der Waals surface area contributed by atoms with Gasteiger partial charge < -0.3 is 10.4 Å². The third kappa shape index (κ3) is 4.56. The molecule has 1 atom stereocenters. The zero-order valence-electron chi connectivity index (χ0n) is 9.81. The second-order valence-electron chi connectivity index (χ2n) is 3.87. The normalized spacial score (nSPS) is 12.1. The number of carboxylic acids is 1. The Kier molecular flexibility index (Phi) is 5.69. The first-order chi connectivity index (χ1) is 8.15. The maximum Gasteiger partial charge on any atom is 0.326 e. The van der Waals surface area contributed by atoms with Crippen LogP contribution in [0.5, 0.6) is 0 Å². The highest BCUT2D eigenvalue weighted by atomic mass is 32.1. The number of rotatable bonds is 7. The molecule has 0 fully saturated rings. The molecule has 0 spiro atoms. The Labute approximate surface area is 105 Å². The molecule has 1 aromatic heterocycles. The molecule has 0 bridgehead atoms. The molecule has 1 aromatic rings. The summed E-state index contributed by atoms with van der Waals surface area (Å²) in [6.45, 7) is 2.06. The highest BCUT2D eigenvalue weighted by Crippen LogP contribution is 2.08. The quantitative estimate of drug-likeness (QED) is 0.736. The maximum absolute atomic E-state index is 11.7. The number of unbranched alkanes of at least 4 members (excludes halogenated alkanes) is 2. The first kappa shape index (κ1) is 13.7. The minimum absolute atomic E-state index is 0.310. The van der Waals surface area contributed by atoms with Crippen molar-refractivity contribution in [3.63, 3.8) is 0 Å². The van der Waals surface area contributed by atoms with E-state index in [1.807, 2.05) is 0 Å². The molecule has 0 aromatic carbocycles. The summed E-state index contributed by atoms with van der Waals surface area (Å²) in [5.41, 5.74) is 0.525. The topological polar surface area (TPSA) is 66.4 Å². The molecule has 1 heterocycles. The van der Waals surface area contributed by atoms with Gasteiger partial charge in [0.2, 0.25) is 0 Å². The van der Waals surface area contributed by atoms with E-state index in [1.54, 1.807) is 16.8 Å². The summed E-state index contributed by atoms with van der Waals surface area (Å²) in [4.78, 5) is 22.7. The van der Waals surface area contributed by atoms with Crippen LogP contribution in [-0.2, 0) is 4.79 Å². The first-order valence-corrected chi connectivity index (χ1v) is 6.65. The lowest BCUT2D eigenvalue weighted by molar-refractivity contribution is -0.139. The molecular weight excluding hydrogens is 238 g/mol. The molecule has 0 aliphatic carbocycles. The molecule has 5 heteroatoms. The third-order valence-electron chi connectivity index (χ3n) is 2.48. The summed E-state index contributed by atoms with van der Waals surface area (Å²) < 4.78 is 0. The van der Waals surface area contributed by atoms with Crippen LogP contribution in [0.1, 0.15) is 43.0 Å². The molecule has 2 N–H and O–H groups in total. The van der Waals surface area contributed by atoms with Crippen molar-refractivity contribution in [2.24, 2.45) is 0 Å². The van der Waals surface area contributed by atoms with Crippen LogP contribution in [0.25, 0.3) is 0 Å². The smallest absolute Gasteiger partial charge is 0.326 e. The zero-order chi connectivity index (χ0) is 12.7. The van der Waals surface area contributed by atoms with Gasteiger partial charge in [-0.1, -0.05) is 26.2 Å². The number of hydrogen-bond acceptors (Lipinski definition) is 3. The average molecular weight is 255 g/mol. The van der Waals surface area contributed by atoms with Gasteiger partial charge in [-0.3, -0.25) is 4.79 Å². The standard InChI is InChI=1S/C12H17NO3S/c1-2-3-4-5-10(12(15)16)13-11(14)9-6-7-17-8-9/h6-8,10H,2-5H2,1H3,(H,13,14)(H,15,16). The molecule has 17 heavy (non-hydrogen) atoms. The van der Waals surface area contributed by atoms with Crippen molar-refractivity contribution in [2.75, 3.05) is 0 Å². The van der Waals surface area contributed by atoms with Crippen molar-refractivity contribution in [3.8, 4) is 0 Å². The zero-order valence-corrected chi connectivity index (χ0v) is 10.6. The molecule has 0 aliphatic heterocycles. The van der Waals surface area contributed by atoms with Crippen LogP contribution in [0.2, 0.25) is 0 Å². The molecule has 4 nitrogen and oxygen atoms in total. The summed E-state index contributed by atoms with van der Waals surface area (Å²) >= 11 is 1.42. The Morgan fingerprint density at radius 3 is 2.76 bits per heavy atom. The minimum atomic E-state index is -0.968. The largest absolute Gasteiger partial charge is 0.480 e. The van der Waals surface area contributed by atoms with Gasteiger partial charge in [-0.2, -0.15) is 11.3 Å². The molecular formula is C12H17NO3S. The summed E-state index contributed by atoms with van der Waals surface area (Å²) in [6, 6.07) is 0.902. The fourth-order valence-corrected chi connectivity index (χ4v) is 2.13. The molecule has 0 radical (unpaired) electrons. The summed E-state index contributed by atoms with van der Waals surface area (Å²) in [6.07, 6.45) is 3.32. The van der Waals surface area contributed by atoms with E-state index in [2.05, 4.69) is 12.2 Å². The van der Waals surface area contributed by atoms with Gasteiger partial charge in [0.15, 0.2) is 0 Å². The SMILES string of the molecule is CCCCCC(NC(=O)c1ccsc1)C(=O)O. The number of amides is 1. The van der Waals surface area contributed by atoms with Crippen LogP contribution in [0.3, 0.4) is 0 Å². The van der Waals surface area contributed by atoms with E-state index in [0.29, 0.717) is 12.0 Å². The molecule has 1 rings (SSSR count). The van der Waals surface area contributed by atoms with Gasteiger partial charge in [0.25, 0.3) is 5.91 Å². The summed E-state index contributed by atoms with van der Waals surface area (Å²) in [5, 5.41) is 15.1. The van der Waals surface area contributed by atoms with Crippen molar-refractivity contribution in [1.29, 1.82) is 0 Å². The number of carbonyl (C=O) groups excluding carboxylic acids is 1. The Hall–Kier alpha value is -1.36. The van der Waals surface area contributed by atoms with Crippen LogP contribution in [0.15, 0.2) is 16.8 Å². The van der Waals surface area contributed by atoms with Crippen LogP contribution in [0.4, 0.5) is 0 Å². The van der Waals surface area contributed by atoms with Crippen molar-refractivity contribution < 1.29 is 14.7 Å². The Bertz CT molecular complexity index is 362. The number of hydrogen-bond donors (Lipinski definition) is 2. The summed E-state index contributed by atoms with van der Waals surface area (Å²) in [7, 11) is 0. The lowest BCUT2D eigenvalue weighted by Gasteiger charge is -2.13. The fourth-order valence-electron chi connectivity index (χ4n) is 1.49. The average Bonchev–Trinajstić information content (AvgIpc) is 2.81. The van der Waals surface area contributed by atoms with Crippen LogP contribution < -0.4 is 5.32 Å². The maximum atomic E-state index is 11.7. The number of nitrogens with one attached hydrogen (secondary N) is 1. The van der Waals surface area contributed by atoms with Crippen molar-refractivity contribution in [1.82, 2.24) is 5.32 Å². The molecule has 1 amide bonds.